The second-order valence-electron chi connectivity index (χ2n) is 7.38. The maximum atomic E-state index is 6.04. The predicted molar refractivity (Wildman–Crippen MR) is 102 cm³/mol. The molecule has 2 heteroatoms. The van der Waals surface area contributed by atoms with Crippen LogP contribution in [0, 0.1) is 23.7 Å². The summed E-state index contributed by atoms with van der Waals surface area (Å²) in [4.78, 5) is 0. The molecule has 0 aromatic heterocycles. The Kier molecular flexibility index (Phi) is 6.73. The van der Waals surface area contributed by atoms with E-state index < -0.39 is 0 Å². The molecule has 1 heterocycles. The molecule has 0 bridgehead atoms. The third kappa shape index (κ3) is 4.97. The van der Waals surface area contributed by atoms with Gasteiger partial charge in [0.05, 0.1) is 13.2 Å². The molecule has 0 amide bonds. The standard InChI is InChI=1S/C23H30O2/c1-3-5-7-19-16-24-23(25-17-19)22-14-12-21(13-15-22)20-10-8-18(6-4-2)9-11-20/h3,8-11,19,21-23H,1,5,7,12-17H2,2H3. The van der Waals surface area contributed by atoms with E-state index in [1.54, 1.807) is 0 Å². The Morgan fingerprint density at radius 3 is 2.36 bits per heavy atom. The van der Waals surface area contributed by atoms with Crippen LogP contribution in [-0.2, 0) is 9.47 Å². The summed E-state index contributed by atoms with van der Waals surface area (Å²) in [5.41, 5.74) is 2.56. The van der Waals surface area contributed by atoms with Crippen LogP contribution in [0.3, 0.4) is 0 Å². The molecule has 1 aromatic rings. The molecule has 3 rings (SSSR count). The first-order chi connectivity index (χ1) is 12.3. The molecule has 0 atom stereocenters. The molecule has 0 spiro atoms. The lowest BCUT2D eigenvalue weighted by Crippen LogP contribution is -2.38. The van der Waals surface area contributed by atoms with E-state index >= 15 is 0 Å². The summed E-state index contributed by atoms with van der Waals surface area (Å²) < 4.78 is 12.1. The van der Waals surface area contributed by atoms with Gasteiger partial charge in [0.1, 0.15) is 0 Å². The summed E-state index contributed by atoms with van der Waals surface area (Å²) in [7, 11) is 0. The molecular formula is C23H30O2. The van der Waals surface area contributed by atoms with Crippen LogP contribution < -0.4 is 0 Å². The summed E-state index contributed by atoms with van der Waals surface area (Å²) in [6.07, 6.45) is 9.03. The van der Waals surface area contributed by atoms with Crippen LogP contribution in [-0.4, -0.2) is 19.5 Å². The Morgan fingerprint density at radius 2 is 1.76 bits per heavy atom. The zero-order chi connectivity index (χ0) is 17.5. The Hall–Kier alpha value is -1.56. The van der Waals surface area contributed by atoms with Crippen LogP contribution in [0.2, 0.25) is 0 Å². The van der Waals surface area contributed by atoms with Crippen LogP contribution in [0.1, 0.15) is 62.5 Å². The first-order valence-electron chi connectivity index (χ1n) is 9.67. The summed E-state index contributed by atoms with van der Waals surface area (Å²) >= 11 is 0. The fourth-order valence-corrected chi connectivity index (χ4v) is 4.06. The van der Waals surface area contributed by atoms with E-state index in [1.165, 1.54) is 31.2 Å². The average molecular weight is 338 g/mol. The quantitative estimate of drug-likeness (QED) is 0.537. The molecule has 1 saturated heterocycles. The minimum Gasteiger partial charge on any atom is -0.352 e. The van der Waals surface area contributed by atoms with Crippen molar-refractivity contribution >= 4 is 0 Å². The van der Waals surface area contributed by atoms with Crippen LogP contribution in [0.5, 0.6) is 0 Å². The van der Waals surface area contributed by atoms with Crippen LogP contribution in [0.25, 0.3) is 0 Å². The highest BCUT2D eigenvalue weighted by Crippen LogP contribution is 2.39. The van der Waals surface area contributed by atoms with Gasteiger partial charge in [0.25, 0.3) is 0 Å². The number of allylic oxidation sites excluding steroid dienone is 1. The third-order valence-corrected chi connectivity index (χ3v) is 5.58. The van der Waals surface area contributed by atoms with Gasteiger partial charge < -0.3 is 9.47 Å². The monoisotopic (exact) mass is 338 g/mol. The number of ether oxygens (including phenoxy) is 2. The van der Waals surface area contributed by atoms with E-state index in [0.717, 1.165) is 31.6 Å². The molecule has 1 aliphatic carbocycles. The van der Waals surface area contributed by atoms with Gasteiger partial charge in [-0.3, -0.25) is 0 Å². The third-order valence-electron chi connectivity index (χ3n) is 5.58. The molecule has 0 radical (unpaired) electrons. The highest BCUT2D eigenvalue weighted by atomic mass is 16.7. The first kappa shape index (κ1) is 18.2. The van der Waals surface area contributed by atoms with E-state index in [1.807, 2.05) is 13.0 Å². The minimum absolute atomic E-state index is 0.0168. The van der Waals surface area contributed by atoms with Gasteiger partial charge >= 0.3 is 0 Å². The summed E-state index contributed by atoms with van der Waals surface area (Å²) in [6, 6.07) is 8.80. The lowest BCUT2D eigenvalue weighted by atomic mass is 9.78. The molecule has 2 fully saturated rings. The van der Waals surface area contributed by atoms with E-state index in [0.29, 0.717) is 17.8 Å². The van der Waals surface area contributed by atoms with Gasteiger partial charge in [-0.05, 0) is 69.1 Å². The highest BCUT2D eigenvalue weighted by molar-refractivity contribution is 5.36. The Bertz CT molecular complexity index is 591. The summed E-state index contributed by atoms with van der Waals surface area (Å²) in [5.74, 6) is 7.84. The summed E-state index contributed by atoms with van der Waals surface area (Å²) in [5, 5.41) is 0. The van der Waals surface area contributed by atoms with Crippen molar-refractivity contribution in [3.8, 4) is 11.8 Å². The van der Waals surface area contributed by atoms with Crippen LogP contribution >= 0.6 is 0 Å². The Morgan fingerprint density at radius 1 is 1.08 bits per heavy atom. The summed E-state index contributed by atoms with van der Waals surface area (Å²) in [6.45, 7) is 7.36. The molecule has 2 aliphatic rings. The van der Waals surface area contributed by atoms with Gasteiger partial charge in [-0.2, -0.15) is 0 Å². The zero-order valence-electron chi connectivity index (χ0n) is 15.4. The van der Waals surface area contributed by atoms with E-state index in [4.69, 9.17) is 9.47 Å². The molecule has 0 unspecified atom stereocenters. The van der Waals surface area contributed by atoms with Crippen molar-refractivity contribution in [2.45, 2.75) is 57.7 Å². The van der Waals surface area contributed by atoms with Crippen molar-refractivity contribution in [1.82, 2.24) is 0 Å². The van der Waals surface area contributed by atoms with Gasteiger partial charge in [-0.25, -0.2) is 0 Å². The molecular weight excluding hydrogens is 308 g/mol. The molecule has 25 heavy (non-hydrogen) atoms. The van der Waals surface area contributed by atoms with Gasteiger partial charge in [0, 0.05) is 17.4 Å². The minimum atomic E-state index is 0.0168. The Balaban J connectivity index is 1.45. The first-order valence-corrected chi connectivity index (χ1v) is 9.67. The molecule has 0 N–H and O–H groups in total. The van der Waals surface area contributed by atoms with Crippen molar-refractivity contribution < 1.29 is 9.47 Å². The number of hydrogen-bond donors (Lipinski definition) is 0. The SMILES string of the molecule is C=CCCC1COC(C2CCC(c3ccc(C#CC)cc3)CC2)OC1. The number of rotatable bonds is 5. The van der Waals surface area contributed by atoms with Crippen molar-refractivity contribution in [2.24, 2.45) is 11.8 Å². The predicted octanol–water partition coefficient (Wildman–Crippen LogP) is 5.29. The van der Waals surface area contributed by atoms with Crippen molar-refractivity contribution in [3.63, 3.8) is 0 Å². The Labute approximate surface area is 152 Å². The van der Waals surface area contributed by atoms with Crippen LogP contribution in [0.15, 0.2) is 36.9 Å². The van der Waals surface area contributed by atoms with Crippen molar-refractivity contribution in [2.75, 3.05) is 13.2 Å². The maximum Gasteiger partial charge on any atom is 0.160 e. The average Bonchev–Trinajstić information content (AvgIpc) is 2.68. The van der Waals surface area contributed by atoms with Gasteiger partial charge in [0.2, 0.25) is 0 Å². The lowest BCUT2D eigenvalue weighted by molar-refractivity contribution is -0.229. The molecule has 1 aromatic carbocycles. The van der Waals surface area contributed by atoms with Gasteiger partial charge in [0.15, 0.2) is 6.29 Å². The molecule has 2 nitrogen and oxygen atoms in total. The van der Waals surface area contributed by atoms with E-state index in [-0.39, 0.29) is 6.29 Å². The number of hydrogen-bond acceptors (Lipinski definition) is 2. The maximum absolute atomic E-state index is 6.04. The second kappa shape index (κ2) is 9.22. The van der Waals surface area contributed by atoms with Gasteiger partial charge in [-0.1, -0.05) is 24.1 Å². The highest BCUT2D eigenvalue weighted by Gasteiger charge is 2.32. The topological polar surface area (TPSA) is 18.5 Å². The van der Waals surface area contributed by atoms with Crippen molar-refractivity contribution in [1.29, 1.82) is 0 Å². The van der Waals surface area contributed by atoms with Gasteiger partial charge in [-0.15, -0.1) is 12.5 Å². The second-order valence-corrected chi connectivity index (χ2v) is 7.38. The molecule has 1 saturated carbocycles. The fourth-order valence-electron chi connectivity index (χ4n) is 4.06. The smallest absolute Gasteiger partial charge is 0.160 e. The van der Waals surface area contributed by atoms with Crippen LogP contribution in [0.4, 0.5) is 0 Å². The largest absolute Gasteiger partial charge is 0.352 e. The van der Waals surface area contributed by atoms with E-state index in [2.05, 4.69) is 42.7 Å². The molecule has 134 valence electrons. The van der Waals surface area contributed by atoms with E-state index in [9.17, 15) is 0 Å². The van der Waals surface area contributed by atoms with Crippen molar-refractivity contribution in [3.05, 3.63) is 48.0 Å². The lowest BCUT2D eigenvalue weighted by Gasteiger charge is -2.37. The normalized spacial score (nSPS) is 29.5. The fraction of sp³-hybridized carbons (Fsp3) is 0.565. The number of benzene rings is 1. The molecule has 1 aliphatic heterocycles. The zero-order valence-corrected chi connectivity index (χ0v) is 15.4.